The molecule has 1 heterocycles. The van der Waals surface area contributed by atoms with Crippen molar-refractivity contribution < 1.29 is 9.90 Å². The number of hydrogen-bond acceptors (Lipinski definition) is 3. The molecule has 1 fully saturated rings. The normalized spacial score (nSPS) is 18.6. The third kappa shape index (κ3) is 1.62. The van der Waals surface area contributed by atoms with Gasteiger partial charge < -0.3 is 5.11 Å². The van der Waals surface area contributed by atoms with E-state index < -0.39 is 10.7 Å². The van der Waals surface area contributed by atoms with Gasteiger partial charge in [-0.3, -0.25) is 4.79 Å². The summed E-state index contributed by atoms with van der Waals surface area (Å²) in [5, 5.41) is 9.90. The molecular weight excluding hydrogens is 198 g/mol. The Morgan fingerprint density at radius 2 is 2.29 bits per heavy atom. The second kappa shape index (κ2) is 3.61. The predicted octanol–water partition coefficient (Wildman–Crippen LogP) is 2.18. The van der Waals surface area contributed by atoms with Gasteiger partial charge in [0.2, 0.25) is 0 Å². The van der Waals surface area contributed by atoms with Gasteiger partial charge in [0.1, 0.15) is 4.75 Å². The Kier molecular flexibility index (Phi) is 2.46. The summed E-state index contributed by atoms with van der Waals surface area (Å²) >= 11 is 1.38. The largest absolute Gasteiger partial charge is 0.480 e. The van der Waals surface area contributed by atoms with Crippen LogP contribution in [0.2, 0.25) is 0 Å². The van der Waals surface area contributed by atoms with Crippen LogP contribution in [-0.4, -0.2) is 20.8 Å². The zero-order valence-electron chi connectivity index (χ0n) is 7.64. The second-order valence-electron chi connectivity index (χ2n) is 3.42. The Morgan fingerprint density at radius 3 is 2.71 bits per heavy atom. The Morgan fingerprint density at radius 1 is 1.50 bits per heavy atom. The smallest absolute Gasteiger partial charge is 0.320 e. The van der Waals surface area contributed by atoms with E-state index in [9.17, 15) is 4.79 Å². The number of carboxylic acid groups (broad SMARTS) is 1. The molecule has 0 spiro atoms. The van der Waals surface area contributed by atoms with Gasteiger partial charge in [-0.05, 0) is 31.4 Å². The number of thioether (sulfide) groups is 1. The molecule has 0 aliphatic heterocycles. The van der Waals surface area contributed by atoms with Gasteiger partial charge >= 0.3 is 5.97 Å². The maximum atomic E-state index is 11.1. The van der Waals surface area contributed by atoms with Crippen LogP contribution < -0.4 is 0 Å². The van der Waals surface area contributed by atoms with Gasteiger partial charge in [0, 0.05) is 6.20 Å². The van der Waals surface area contributed by atoms with E-state index in [0.29, 0.717) is 0 Å². The van der Waals surface area contributed by atoms with Crippen molar-refractivity contribution in [3.8, 4) is 0 Å². The highest BCUT2D eigenvalue weighted by Crippen LogP contribution is 2.47. The third-order valence-corrected chi connectivity index (χ3v) is 3.91. The summed E-state index contributed by atoms with van der Waals surface area (Å²) in [6.45, 7) is 0. The lowest BCUT2D eigenvalue weighted by Crippen LogP contribution is -2.41. The first-order chi connectivity index (χ1) is 6.73. The van der Waals surface area contributed by atoms with E-state index in [1.807, 2.05) is 18.2 Å². The molecule has 0 bridgehead atoms. The van der Waals surface area contributed by atoms with Crippen LogP contribution in [0.4, 0.5) is 0 Å². The van der Waals surface area contributed by atoms with Crippen LogP contribution in [0, 0.1) is 0 Å². The maximum Gasteiger partial charge on any atom is 0.320 e. The molecular formula is C10H11NO2S. The number of carboxylic acids is 1. The minimum absolute atomic E-state index is 0.603. The van der Waals surface area contributed by atoms with Crippen LogP contribution in [-0.2, 0) is 4.79 Å². The highest BCUT2D eigenvalue weighted by Gasteiger charge is 2.45. The van der Waals surface area contributed by atoms with Crippen molar-refractivity contribution in [3.05, 3.63) is 24.4 Å². The van der Waals surface area contributed by atoms with E-state index in [1.54, 1.807) is 6.20 Å². The Balaban J connectivity index is 2.13. The van der Waals surface area contributed by atoms with Crippen molar-refractivity contribution in [2.45, 2.75) is 29.0 Å². The molecule has 1 N–H and O–H groups in total. The van der Waals surface area contributed by atoms with Crippen molar-refractivity contribution in [3.63, 3.8) is 0 Å². The Labute approximate surface area is 86.5 Å². The molecule has 2 rings (SSSR count). The number of rotatable bonds is 3. The average molecular weight is 209 g/mol. The molecule has 0 saturated heterocycles. The molecule has 1 aromatic rings. The zero-order chi connectivity index (χ0) is 10.0. The van der Waals surface area contributed by atoms with Gasteiger partial charge in [-0.1, -0.05) is 17.8 Å². The number of aromatic nitrogens is 1. The monoisotopic (exact) mass is 209 g/mol. The summed E-state index contributed by atoms with van der Waals surface area (Å²) in [6, 6.07) is 5.56. The van der Waals surface area contributed by atoms with E-state index in [-0.39, 0.29) is 0 Å². The first-order valence-electron chi connectivity index (χ1n) is 4.56. The third-order valence-electron chi connectivity index (χ3n) is 2.49. The molecule has 1 aliphatic carbocycles. The van der Waals surface area contributed by atoms with Gasteiger partial charge in [-0.2, -0.15) is 0 Å². The molecule has 0 atom stereocenters. The Bertz CT molecular complexity index is 335. The molecule has 1 aromatic heterocycles. The molecule has 0 unspecified atom stereocenters. The summed E-state index contributed by atoms with van der Waals surface area (Å²) in [5.41, 5.74) is 0. The fourth-order valence-corrected chi connectivity index (χ4v) is 2.71. The maximum absolute atomic E-state index is 11.1. The van der Waals surface area contributed by atoms with Gasteiger partial charge in [0.05, 0.1) is 5.03 Å². The first kappa shape index (κ1) is 9.52. The summed E-state index contributed by atoms with van der Waals surface area (Å²) in [7, 11) is 0. The van der Waals surface area contributed by atoms with E-state index in [0.717, 1.165) is 24.3 Å². The SMILES string of the molecule is O=C(O)C1(Sc2ccccn2)CCC1. The summed E-state index contributed by atoms with van der Waals surface area (Å²) in [5.74, 6) is -0.709. The molecule has 1 aliphatic rings. The highest BCUT2D eigenvalue weighted by molar-refractivity contribution is 8.01. The van der Waals surface area contributed by atoms with Crippen LogP contribution >= 0.6 is 11.8 Å². The number of carbonyl (C=O) groups is 1. The van der Waals surface area contributed by atoms with Crippen molar-refractivity contribution >= 4 is 17.7 Å². The summed E-state index contributed by atoms with van der Waals surface area (Å²) in [4.78, 5) is 15.2. The summed E-state index contributed by atoms with van der Waals surface area (Å²) in [6.07, 6.45) is 4.20. The van der Waals surface area contributed by atoms with Crippen LogP contribution in [0.25, 0.3) is 0 Å². The minimum Gasteiger partial charge on any atom is -0.480 e. The quantitative estimate of drug-likeness (QED) is 0.829. The first-order valence-corrected chi connectivity index (χ1v) is 5.38. The fourth-order valence-electron chi connectivity index (χ4n) is 1.47. The van der Waals surface area contributed by atoms with Gasteiger partial charge in [0.15, 0.2) is 0 Å². The molecule has 1 saturated carbocycles. The number of pyridine rings is 1. The average Bonchev–Trinajstić information content (AvgIpc) is 2.12. The fraction of sp³-hybridized carbons (Fsp3) is 0.400. The topological polar surface area (TPSA) is 50.2 Å². The van der Waals surface area contributed by atoms with Crippen molar-refractivity contribution in [1.29, 1.82) is 0 Å². The standard InChI is InChI=1S/C10H11NO2S/c12-9(13)10(5-3-6-10)14-8-4-1-2-7-11-8/h1-2,4,7H,3,5-6H2,(H,12,13). The lowest BCUT2D eigenvalue weighted by atomic mass is 9.84. The van der Waals surface area contributed by atoms with Crippen molar-refractivity contribution in [2.24, 2.45) is 0 Å². The van der Waals surface area contributed by atoms with E-state index in [4.69, 9.17) is 5.11 Å². The molecule has 0 radical (unpaired) electrons. The molecule has 74 valence electrons. The molecule has 4 heteroatoms. The molecule has 0 aromatic carbocycles. The van der Waals surface area contributed by atoms with Crippen LogP contribution in [0.15, 0.2) is 29.4 Å². The lowest BCUT2D eigenvalue weighted by molar-refractivity contribution is -0.142. The number of hydrogen-bond donors (Lipinski definition) is 1. The number of aliphatic carboxylic acids is 1. The second-order valence-corrected chi connectivity index (χ2v) is 4.83. The van der Waals surface area contributed by atoms with Crippen molar-refractivity contribution in [2.75, 3.05) is 0 Å². The van der Waals surface area contributed by atoms with Gasteiger partial charge in [-0.25, -0.2) is 4.98 Å². The van der Waals surface area contributed by atoms with Crippen LogP contribution in [0.3, 0.4) is 0 Å². The number of nitrogens with zero attached hydrogens (tertiary/aromatic N) is 1. The predicted molar refractivity (Wildman–Crippen MR) is 54.3 cm³/mol. The van der Waals surface area contributed by atoms with Gasteiger partial charge in [0.25, 0.3) is 0 Å². The van der Waals surface area contributed by atoms with E-state index >= 15 is 0 Å². The van der Waals surface area contributed by atoms with E-state index in [2.05, 4.69) is 4.98 Å². The van der Waals surface area contributed by atoms with E-state index in [1.165, 1.54) is 11.8 Å². The zero-order valence-corrected chi connectivity index (χ0v) is 8.46. The lowest BCUT2D eigenvalue weighted by Gasteiger charge is -2.36. The Hall–Kier alpha value is -1.03. The van der Waals surface area contributed by atoms with Crippen LogP contribution in [0.1, 0.15) is 19.3 Å². The highest BCUT2D eigenvalue weighted by atomic mass is 32.2. The molecule has 0 amide bonds. The minimum atomic E-state index is -0.709. The van der Waals surface area contributed by atoms with Crippen LogP contribution in [0.5, 0.6) is 0 Å². The van der Waals surface area contributed by atoms with Crippen molar-refractivity contribution in [1.82, 2.24) is 4.98 Å². The van der Waals surface area contributed by atoms with Gasteiger partial charge in [-0.15, -0.1) is 0 Å². The molecule has 14 heavy (non-hydrogen) atoms. The summed E-state index contributed by atoms with van der Waals surface area (Å²) < 4.78 is -0.603. The molecule has 3 nitrogen and oxygen atoms in total.